The minimum atomic E-state index is 0.493. The number of amidine groups is 1. The second-order valence-electron chi connectivity index (χ2n) is 3.34. The molecule has 2 nitrogen and oxygen atoms in total. The van der Waals surface area contributed by atoms with Crippen LogP contribution >= 0.6 is 0 Å². The summed E-state index contributed by atoms with van der Waals surface area (Å²) in [5.41, 5.74) is 0. The molecule has 66 valence electrons. The summed E-state index contributed by atoms with van der Waals surface area (Å²) < 4.78 is 2.19. The Bertz CT molecular complexity index is 146. The Morgan fingerprint density at radius 3 is 1.82 bits per heavy atom. The molecule has 0 radical (unpaired) electrons. The van der Waals surface area contributed by atoms with Gasteiger partial charge in [0.05, 0.1) is 40.7 Å². The molecule has 0 amide bonds. The predicted molar refractivity (Wildman–Crippen MR) is 54.9 cm³/mol. The van der Waals surface area contributed by atoms with Crippen molar-refractivity contribution < 1.29 is 4.58 Å². The monoisotopic (exact) mass is 176 g/mol. The van der Waals surface area contributed by atoms with Crippen molar-refractivity contribution in [3.8, 4) is 0 Å². The van der Waals surface area contributed by atoms with E-state index in [9.17, 15) is 0 Å². The van der Waals surface area contributed by atoms with Crippen LogP contribution < -0.4 is 0 Å². The highest BCUT2D eigenvalue weighted by Crippen LogP contribution is 1.90. The quantitative estimate of drug-likeness (QED) is 0.250. The van der Waals surface area contributed by atoms with Crippen molar-refractivity contribution in [2.45, 2.75) is 0 Å². The van der Waals surface area contributed by atoms with Gasteiger partial charge in [0.25, 0.3) is 5.84 Å². The molecule has 0 spiro atoms. The van der Waals surface area contributed by atoms with Crippen molar-refractivity contribution in [2.75, 3.05) is 46.5 Å². The maximum Gasteiger partial charge on any atom is 0.296 e. The Labute approximate surface area is 73.3 Å². The van der Waals surface area contributed by atoms with E-state index < -0.39 is 0 Å². The zero-order valence-corrected chi connectivity index (χ0v) is 9.33. The smallest absolute Gasteiger partial charge is 0.267 e. The van der Waals surface area contributed by atoms with E-state index in [0.717, 1.165) is 0 Å². The molecule has 0 heterocycles. The third-order valence-electron chi connectivity index (χ3n) is 1.45. The lowest BCUT2D eigenvalue weighted by atomic mass is 10.6. The molecule has 0 aliphatic heterocycles. The first kappa shape index (κ1) is 10.8. The van der Waals surface area contributed by atoms with Crippen LogP contribution in [0, 0.1) is 0 Å². The summed E-state index contributed by atoms with van der Waals surface area (Å²) in [6.07, 6.45) is 4.54. The van der Waals surface area contributed by atoms with Gasteiger partial charge < -0.3 is 0 Å². The van der Waals surface area contributed by atoms with Gasteiger partial charge in [-0.25, -0.2) is 0 Å². The summed E-state index contributed by atoms with van der Waals surface area (Å²) in [6.45, 7) is 0. The summed E-state index contributed by atoms with van der Waals surface area (Å²) in [4.78, 5) is 2.19. The van der Waals surface area contributed by atoms with Gasteiger partial charge in [-0.2, -0.15) is 0 Å². The van der Waals surface area contributed by atoms with Crippen LogP contribution in [0.2, 0.25) is 0 Å². The molecule has 0 saturated carbocycles. The maximum absolute atomic E-state index is 2.27. The summed E-state index contributed by atoms with van der Waals surface area (Å²) in [7, 11) is 8.89. The third kappa shape index (κ3) is 4.30. The summed E-state index contributed by atoms with van der Waals surface area (Å²) in [6, 6.07) is 0. The van der Waals surface area contributed by atoms with Gasteiger partial charge in [-0.1, -0.05) is 0 Å². The molecule has 0 rings (SSSR count). The molecule has 0 aliphatic carbocycles. The molecule has 0 atom stereocenters. The SMILES string of the molecule is CN(C)C(C[S+](C)C)=[N+](C)C. The van der Waals surface area contributed by atoms with Gasteiger partial charge in [0.15, 0.2) is 0 Å². The zero-order chi connectivity index (χ0) is 9.02. The van der Waals surface area contributed by atoms with E-state index in [1.54, 1.807) is 0 Å². The molecule has 0 aromatic heterocycles. The molecule has 0 saturated heterocycles. The number of hydrogen-bond acceptors (Lipinski definition) is 0. The van der Waals surface area contributed by atoms with Crippen molar-refractivity contribution >= 4 is 16.7 Å². The zero-order valence-electron chi connectivity index (χ0n) is 8.51. The Balaban J connectivity index is 4.26. The molecule has 0 N–H and O–H groups in total. The lowest BCUT2D eigenvalue weighted by Crippen LogP contribution is -2.35. The van der Waals surface area contributed by atoms with Gasteiger partial charge >= 0.3 is 0 Å². The molecule has 0 aromatic rings. The van der Waals surface area contributed by atoms with Crippen LogP contribution in [0.15, 0.2) is 0 Å². The standard InChI is InChI=1S/C8H20N2S/c1-9(2)8(10(3)4)7-11(5)6/h7H2,1-6H3/q+2. The molecule has 0 aliphatic rings. The first-order valence-electron chi connectivity index (χ1n) is 3.69. The fourth-order valence-electron chi connectivity index (χ4n) is 0.916. The van der Waals surface area contributed by atoms with Gasteiger partial charge in [-0.3, -0.25) is 9.48 Å². The first-order valence-corrected chi connectivity index (χ1v) is 5.91. The largest absolute Gasteiger partial charge is 0.296 e. The predicted octanol–water partition coefficient (Wildman–Crippen LogP) is 0.0965. The first-order chi connectivity index (χ1) is 4.95. The van der Waals surface area contributed by atoms with Crippen molar-refractivity contribution in [3.63, 3.8) is 0 Å². The van der Waals surface area contributed by atoms with Crippen molar-refractivity contribution in [1.82, 2.24) is 4.90 Å². The van der Waals surface area contributed by atoms with Gasteiger partial charge in [-0.15, -0.1) is 0 Å². The molecule has 11 heavy (non-hydrogen) atoms. The highest BCUT2D eigenvalue weighted by molar-refractivity contribution is 7.96. The third-order valence-corrected chi connectivity index (χ3v) is 2.29. The average Bonchev–Trinajstić information content (AvgIpc) is 1.81. The van der Waals surface area contributed by atoms with Crippen LogP contribution in [0.25, 0.3) is 0 Å². The molecule has 0 bridgehead atoms. The van der Waals surface area contributed by atoms with Crippen LogP contribution in [-0.4, -0.2) is 61.8 Å². The van der Waals surface area contributed by atoms with E-state index in [0.29, 0.717) is 10.9 Å². The van der Waals surface area contributed by atoms with Gasteiger partial charge in [-0.05, 0) is 10.9 Å². The second kappa shape index (κ2) is 4.65. The van der Waals surface area contributed by atoms with Crippen molar-refractivity contribution in [2.24, 2.45) is 0 Å². The normalized spacial score (nSPS) is 10.1. The fraction of sp³-hybridized carbons (Fsp3) is 0.875. The highest BCUT2D eigenvalue weighted by Gasteiger charge is 2.18. The van der Waals surface area contributed by atoms with E-state index in [-0.39, 0.29) is 0 Å². The van der Waals surface area contributed by atoms with E-state index in [1.807, 2.05) is 0 Å². The van der Waals surface area contributed by atoms with E-state index in [1.165, 1.54) is 11.6 Å². The Kier molecular flexibility index (Phi) is 4.57. The van der Waals surface area contributed by atoms with Crippen molar-refractivity contribution in [3.05, 3.63) is 0 Å². The van der Waals surface area contributed by atoms with E-state index >= 15 is 0 Å². The van der Waals surface area contributed by atoms with E-state index in [2.05, 4.69) is 50.2 Å². The van der Waals surface area contributed by atoms with Gasteiger partial charge in [0.2, 0.25) is 5.75 Å². The number of nitrogens with zero attached hydrogens (tertiary/aromatic N) is 2. The number of rotatable bonds is 2. The Morgan fingerprint density at radius 1 is 1.27 bits per heavy atom. The molecule has 0 aromatic carbocycles. The minimum absolute atomic E-state index is 0.493. The van der Waals surface area contributed by atoms with Crippen molar-refractivity contribution in [1.29, 1.82) is 0 Å². The van der Waals surface area contributed by atoms with Crippen LogP contribution in [0.4, 0.5) is 0 Å². The second-order valence-corrected chi connectivity index (χ2v) is 5.59. The molecular weight excluding hydrogens is 156 g/mol. The van der Waals surface area contributed by atoms with Crippen LogP contribution in [0.3, 0.4) is 0 Å². The molecule has 0 unspecified atom stereocenters. The summed E-state index contributed by atoms with van der Waals surface area (Å²) >= 11 is 0. The van der Waals surface area contributed by atoms with Gasteiger partial charge in [0, 0.05) is 0 Å². The topological polar surface area (TPSA) is 6.25 Å². The Hall–Kier alpha value is -0.180. The lowest BCUT2D eigenvalue weighted by Gasteiger charge is -2.08. The molecule has 3 heteroatoms. The fourth-order valence-corrected chi connectivity index (χ4v) is 1.95. The molecule has 0 fully saturated rings. The lowest BCUT2D eigenvalue weighted by molar-refractivity contribution is -0.469. The van der Waals surface area contributed by atoms with Crippen LogP contribution in [-0.2, 0) is 10.9 Å². The molecular formula is C8H20N2S+2. The van der Waals surface area contributed by atoms with Crippen LogP contribution in [0.1, 0.15) is 0 Å². The van der Waals surface area contributed by atoms with E-state index in [4.69, 9.17) is 0 Å². The Morgan fingerprint density at radius 2 is 1.73 bits per heavy atom. The van der Waals surface area contributed by atoms with Crippen LogP contribution in [0.5, 0.6) is 0 Å². The number of hydrogen-bond donors (Lipinski definition) is 0. The summed E-state index contributed by atoms with van der Waals surface area (Å²) in [5.74, 6) is 2.58. The maximum atomic E-state index is 2.27. The average molecular weight is 176 g/mol. The summed E-state index contributed by atoms with van der Waals surface area (Å²) in [5, 5.41) is 0. The van der Waals surface area contributed by atoms with Gasteiger partial charge in [0.1, 0.15) is 0 Å². The minimum Gasteiger partial charge on any atom is -0.267 e. The highest BCUT2D eigenvalue weighted by atomic mass is 32.2.